The molecule has 0 spiro atoms. The third kappa shape index (κ3) is 6.50. The van der Waals surface area contributed by atoms with E-state index in [1.54, 1.807) is 7.11 Å². The van der Waals surface area contributed by atoms with Gasteiger partial charge in [-0.15, -0.1) is 11.3 Å². The molecule has 0 aliphatic heterocycles. The lowest BCUT2D eigenvalue weighted by Gasteiger charge is -2.16. The summed E-state index contributed by atoms with van der Waals surface area (Å²) < 4.78 is 10.4. The first-order valence-electron chi connectivity index (χ1n) is 6.72. The van der Waals surface area contributed by atoms with Crippen LogP contribution in [0, 0.1) is 0 Å². The van der Waals surface area contributed by atoms with E-state index in [0.717, 1.165) is 19.6 Å². The normalized spacial score (nSPS) is 12.8. The van der Waals surface area contributed by atoms with E-state index in [-0.39, 0.29) is 0 Å². The summed E-state index contributed by atoms with van der Waals surface area (Å²) in [5.74, 6) is 0. The fourth-order valence-electron chi connectivity index (χ4n) is 1.82. The number of hydrogen-bond acceptors (Lipinski definition) is 4. The Morgan fingerprint density at radius 3 is 2.89 bits per heavy atom. The molecular formula is C14H25NO2S. The average Bonchev–Trinajstić information content (AvgIpc) is 2.90. The quantitative estimate of drug-likeness (QED) is 0.627. The van der Waals surface area contributed by atoms with Crippen molar-refractivity contribution in [2.45, 2.75) is 32.2 Å². The summed E-state index contributed by atoms with van der Waals surface area (Å²) in [5, 5.41) is 5.76. The summed E-state index contributed by atoms with van der Waals surface area (Å²) >= 11 is 1.84. The molecule has 0 aliphatic rings. The van der Waals surface area contributed by atoms with Crippen molar-refractivity contribution in [3.8, 4) is 0 Å². The number of rotatable bonds is 11. The molecule has 0 aliphatic carbocycles. The highest BCUT2D eigenvalue weighted by atomic mass is 32.1. The Labute approximate surface area is 114 Å². The molecule has 104 valence electrons. The molecule has 3 nitrogen and oxygen atoms in total. The van der Waals surface area contributed by atoms with Crippen LogP contribution >= 0.6 is 11.3 Å². The molecule has 1 atom stereocenters. The van der Waals surface area contributed by atoms with Crippen molar-refractivity contribution in [1.82, 2.24) is 5.32 Å². The number of hydrogen-bond donors (Lipinski definition) is 1. The van der Waals surface area contributed by atoms with Gasteiger partial charge in [0, 0.05) is 24.6 Å². The first-order valence-corrected chi connectivity index (χ1v) is 7.60. The number of nitrogens with one attached hydrogen (secondary N) is 1. The van der Waals surface area contributed by atoms with E-state index in [1.165, 1.54) is 17.7 Å². The van der Waals surface area contributed by atoms with Crippen LogP contribution in [0.3, 0.4) is 0 Å². The first kappa shape index (κ1) is 15.6. The van der Waals surface area contributed by atoms with E-state index >= 15 is 0 Å². The zero-order chi connectivity index (χ0) is 13.1. The molecule has 1 heterocycles. The standard InChI is InChI=1S/C14H25NO2S/c1-3-6-13(14-7-4-12-18-14)15-8-5-9-17-11-10-16-2/h4,7,12-13,15H,3,5-6,8-11H2,1-2H3. The zero-order valence-electron chi connectivity index (χ0n) is 11.5. The van der Waals surface area contributed by atoms with Crippen LogP contribution in [-0.4, -0.2) is 33.5 Å². The maximum absolute atomic E-state index is 5.44. The molecule has 0 fully saturated rings. The van der Waals surface area contributed by atoms with Crippen molar-refractivity contribution in [2.75, 3.05) is 33.5 Å². The van der Waals surface area contributed by atoms with E-state index in [0.29, 0.717) is 19.3 Å². The minimum Gasteiger partial charge on any atom is -0.382 e. The topological polar surface area (TPSA) is 30.5 Å². The van der Waals surface area contributed by atoms with Crippen LogP contribution in [0.5, 0.6) is 0 Å². The fourth-order valence-corrected chi connectivity index (χ4v) is 2.65. The molecule has 0 saturated heterocycles. The van der Waals surface area contributed by atoms with E-state index in [1.807, 2.05) is 11.3 Å². The van der Waals surface area contributed by atoms with Crippen LogP contribution in [0.4, 0.5) is 0 Å². The fraction of sp³-hybridized carbons (Fsp3) is 0.714. The van der Waals surface area contributed by atoms with Crippen LogP contribution in [0.1, 0.15) is 37.1 Å². The Morgan fingerprint density at radius 2 is 2.22 bits per heavy atom. The molecule has 0 amide bonds. The lowest BCUT2D eigenvalue weighted by Crippen LogP contribution is -2.22. The lowest BCUT2D eigenvalue weighted by atomic mass is 10.1. The minimum atomic E-state index is 0.508. The second-order valence-electron chi connectivity index (χ2n) is 4.27. The molecular weight excluding hydrogens is 246 g/mol. The first-order chi connectivity index (χ1) is 8.88. The van der Waals surface area contributed by atoms with Gasteiger partial charge in [-0.25, -0.2) is 0 Å². The largest absolute Gasteiger partial charge is 0.382 e. The summed E-state index contributed by atoms with van der Waals surface area (Å²) in [5.41, 5.74) is 0. The molecule has 0 aromatic carbocycles. The van der Waals surface area contributed by atoms with Crippen molar-refractivity contribution in [2.24, 2.45) is 0 Å². The highest BCUT2D eigenvalue weighted by Gasteiger charge is 2.09. The van der Waals surface area contributed by atoms with Gasteiger partial charge in [0.05, 0.1) is 13.2 Å². The second kappa shape index (κ2) is 10.5. The van der Waals surface area contributed by atoms with Crippen LogP contribution in [-0.2, 0) is 9.47 Å². The van der Waals surface area contributed by atoms with E-state index < -0.39 is 0 Å². The van der Waals surface area contributed by atoms with Crippen molar-refractivity contribution in [1.29, 1.82) is 0 Å². The van der Waals surface area contributed by atoms with Crippen molar-refractivity contribution in [3.63, 3.8) is 0 Å². The van der Waals surface area contributed by atoms with Gasteiger partial charge in [-0.3, -0.25) is 0 Å². The highest BCUT2D eigenvalue weighted by molar-refractivity contribution is 7.10. The summed E-state index contributed by atoms with van der Waals surface area (Å²) in [4.78, 5) is 1.44. The van der Waals surface area contributed by atoms with Gasteiger partial charge in [0.15, 0.2) is 0 Å². The predicted octanol–water partition coefficient (Wildman–Crippen LogP) is 3.23. The van der Waals surface area contributed by atoms with E-state index in [9.17, 15) is 0 Å². The molecule has 0 bridgehead atoms. The molecule has 0 radical (unpaired) electrons. The second-order valence-corrected chi connectivity index (χ2v) is 5.25. The molecule has 1 rings (SSSR count). The Kier molecular flexibility index (Phi) is 9.12. The zero-order valence-corrected chi connectivity index (χ0v) is 12.3. The van der Waals surface area contributed by atoms with Gasteiger partial charge in [0.2, 0.25) is 0 Å². The van der Waals surface area contributed by atoms with Crippen molar-refractivity contribution < 1.29 is 9.47 Å². The van der Waals surface area contributed by atoms with Gasteiger partial charge in [0.25, 0.3) is 0 Å². The third-order valence-corrected chi connectivity index (χ3v) is 3.74. The molecule has 1 N–H and O–H groups in total. The van der Waals surface area contributed by atoms with E-state index in [4.69, 9.17) is 9.47 Å². The SMILES string of the molecule is CCCC(NCCCOCCOC)c1cccs1. The number of ether oxygens (including phenoxy) is 2. The Bertz CT molecular complexity index is 277. The lowest BCUT2D eigenvalue weighted by molar-refractivity contribution is 0.0692. The summed E-state index contributed by atoms with van der Waals surface area (Å²) in [6.45, 7) is 5.42. The number of thiophene rings is 1. The Morgan fingerprint density at radius 1 is 1.33 bits per heavy atom. The van der Waals surface area contributed by atoms with Gasteiger partial charge >= 0.3 is 0 Å². The maximum Gasteiger partial charge on any atom is 0.0700 e. The minimum absolute atomic E-state index is 0.508. The molecule has 1 aromatic rings. The van der Waals surface area contributed by atoms with E-state index in [2.05, 4.69) is 29.8 Å². The number of methoxy groups -OCH3 is 1. The molecule has 0 saturated carbocycles. The van der Waals surface area contributed by atoms with Gasteiger partial charge in [-0.1, -0.05) is 19.4 Å². The monoisotopic (exact) mass is 271 g/mol. The summed E-state index contributed by atoms with van der Waals surface area (Å²) in [7, 11) is 1.70. The predicted molar refractivity (Wildman–Crippen MR) is 77.3 cm³/mol. The Hall–Kier alpha value is -0.420. The summed E-state index contributed by atoms with van der Waals surface area (Å²) in [6, 6.07) is 4.85. The van der Waals surface area contributed by atoms with Gasteiger partial charge in [-0.2, -0.15) is 0 Å². The smallest absolute Gasteiger partial charge is 0.0700 e. The van der Waals surface area contributed by atoms with Crippen LogP contribution in [0.25, 0.3) is 0 Å². The molecule has 1 unspecified atom stereocenters. The van der Waals surface area contributed by atoms with Crippen molar-refractivity contribution >= 4 is 11.3 Å². The third-order valence-electron chi connectivity index (χ3n) is 2.75. The average molecular weight is 271 g/mol. The van der Waals surface area contributed by atoms with Crippen LogP contribution in [0.2, 0.25) is 0 Å². The Balaban J connectivity index is 2.11. The van der Waals surface area contributed by atoms with Crippen LogP contribution < -0.4 is 5.32 Å². The van der Waals surface area contributed by atoms with Crippen LogP contribution in [0.15, 0.2) is 17.5 Å². The maximum atomic E-state index is 5.44. The molecule has 18 heavy (non-hydrogen) atoms. The van der Waals surface area contributed by atoms with Gasteiger partial charge < -0.3 is 14.8 Å². The van der Waals surface area contributed by atoms with Gasteiger partial charge in [-0.05, 0) is 30.8 Å². The van der Waals surface area contributed by atoms with Gasteiger partial charge in [0.1, 0.15) is 0 Å². The molecule has 1 aromatic heterocycles. The van der Waals surface area contributed by atoms with Crippen molar-refractivity contribution in [3.05, 3.63) is 22.4 Å². The summed E-state index contributed by atoms with van der Waals surface area (Å²) in [6.07, 6.45) is 3.46. The molecule has 4 heteroatoms. The highest BCUT2D eigenvalue weighted by Crippen LogP contribution is 2.22.